The van der Waals surface area contributed by atoms with Crippen molar-refractivity contribution in [3.63, 3.8) is 0 Å². The Morgan fingerprint density at radius 2 is 1.58 bits per heavy atom. The predicted molar refractivity (Wildman–Crippen MR) is 101 cm³/mol. The van der Waals surface area contributed by atoms with Gasteiger partial charge < -0.3 is 16.4 Å². The van der Waals surface area contributed by atoms with Crippen molar-refractivity contribution >= 4 is 11.8 Å². The lowest BCUT2D eigenvalue weighted by molar-refractivity contribution is -0.129. The highest BCUT2D eigenvalue weighted by Gasteiger charge is 2.33. The van der Waals surface area contributed by atoms with Crippen LogP contribution in [0.2, 0.25) is 0 Å². The standard InChI is InChI=1S/C21H23N3O2/c1-14(22)20(25)24-19-17(15-8-4-2-5-9-15)12-13-18(23-21(19)26)16-10-6-3-7-11-16/h2-14,17-19H,22H2,1H3,(H,23,26)(H,24,25)/t14-,17+,18+,19-/m0/s1. The molecule has 5 nitrogen and oxygen atoms in total. The second-order valence-corrected chi connectivity index (χ2v) is 6.49. The zero-order chi connectivity index (χ0) is 18.5. The van der Waals surface area contributed by atoms with Crippen LogP contribution < -0.4 is 16.4 Å². The van der Waals surface area contributed by atoms with E-state index in [0.717, 1.165) is 11.1 Å². The first-order valence-corrected chi connectivity index (χ1v) is 8.71. The lowest BCUT2D eigenvalue weighted by Gasteiger charge is -2.25. The molecule has 1 aliphatic heterocycles. The van der Waals surface area contributed by atoms with Crippen LogP contribution in [0.1, 0.15) is 30.0 Å². The first-order valence-electron chi connectivity index (χ1n) is 8.71. The van der Waals surface area contributed by atoms with E-state index < -0.39 is 12.1 Å². The lowest BCUT2D eigenvalue weighted by Crippen LogP contribution is -2.52. The molecule has 1 heterocycles. The molecule has 3 rings (SSSR count). The van der Waals surface area contributed by atoms with Crippen molar-refractivity contribution < 1.29 is 9.59 Å². The number of rotatable bonds is 4. The Labute approximate surface area is 153 Å². The normalized spacial score (nSPS) is 23.6. The molecule has 0 radical (unpaired) electrons. The second kappa shape index (κ2) is 7.97. The number of carbonyl (C=O) groups is 2. The summed E-state index contributed by atoms with van der Waals surface area (Å²) < 4.78 is 0. The number of nitrogens with two attached hydrogens (primary N) is 1. The molecule has 0 bridgehead atoms. The third-order valence-corrected chi connectivity index (χ3v) is 4.50. The van der Waals surface area contributed by atoms with Crippen LogP contribution in [0.5, 0.6) is 0 Å². The molecular weight excluding hydrogens is 326 g/mol. The summed E-state index contributed by atoms with van der Waals surface area (Å²) in [6.07, 6.45) is 3.96. The summed E-state index contributed by atoms with van der Waals surface area (Å²) in [7, 11) is 0. The van der Waals surface area contributed by atoms with Gasteiger partial charge in [0.2, 0.25) is 11.8 Å². The summed E-state index contributed by atoms with van der Waals surface area (Å²) in [6.45, 7) is 1.60. The summed E-state index contributed by atoms with van der Waals surface area (Å²) in [5.41, 5.74) is 7.63. The van der Waals surface area contributed by atoms with Crippen LogP contribution in [0.4, 0.5) is 0 Å². The highest BCUT2D eigenvalue weighted by atomic mass is 16.2. The maximum atomic E-state index is 12.9. The highest BCUT2D eigenvalue weighted by molar-refractivity contribution is 5.91. The number of amides is 2. The lowest BCUT2D eigenvalue weighted by atomic mass is 9.90. The molecule has 0 fully saturated rings. The minimum Gasteiger partial charge on any atom is -0.344 e. The predicted octanol–water partition coefficient (Wildman–Crippen LogP) is 2.03. The fraction of sp³-hybridized carbons (Fsp3) is 0.238. The quantitative estimate of drug-likeness (QED) is 0.739. The van der Waals surface area contributed by atoms with Gasteiger partial charge in [-0.3, -0.25) is 9.59 Å². The number of hydrogen-bond donors (Lipinski definition) is 3. The van der Waals surface area contributed by atoms with Crippen LogP contribution in [0.15, 0.2) is 72.8 Å². The molecule has 0 saturated carbocycles. The van der Waals surface area contributed by atoms with Crippen LogP contribution in [0, 0.1) is 0 Å². The third-order valence-electron chi connectivity index (χ3n) is 4.50. The highest BCUT2D eigenvalue weighted by Crippen LogP contribution is 2.27. The Balaban J connectivity index is 1.95. The van der Waals surface area contributed by atoms with Crippen molar-refractivity contribution in [1.29, 1.82) is 0 Å². The number of nitrogens with one attached hydrogen (secondary N) is 2. The number of hydrogen-bond acceptors (Lipinski definition) is 3. The largest absolute Gasteiger partial charge is 0.344 e. The summed E-state index contributed by atoms with van der Waals surface area (Å²) in [5.74, 6) is -0.850. The maximum Gasteiger partial charge on any atom is 0.244 e. The van der Waals surface area contributed by atoms with Crippen molar-refractivity contribution in [1.82, 2.24) is 10.6 Å². The molecule has 0 aromatic heterocycles. The van der Waals surface area contributed by atoms with Gasteiger partial charge >= 0.3 is 0 Å². The van der Waals surface area contributed by atoms with Gasteiger partial charge in [0.25, 0.3) is 0 Å². The molecule has 26 heavy (non-hydrogen) atoms. The summed E-state index contributed by atoms with van der Waals surface area (Å²) in [5, 5.41) is 5.81. The Morgan fingerprint density at radius 3 is 2.15 bits per heavy atom. The summed E-state index contributed by atoms with van der Waals surface area (Å²) in [6, 6.07) is 17.8. The van der Waals surface area contributed by atoms with Gasteiger partial charge in [0, 0.05) is 5.92 Å². The average molecular weight is 349 g/mol. The van der Waals surface area contributed by atoms with Crippen LogP contribution >= 0.6 is 0 Å². The first-order chi connectivity index (χ1) is 12.6. The minimum atomic E-state index is -0.721. The Bertz CT molecular complexity index is 787. The van der Waals surface area contributed by atoms with Gasteiger partial charge in [0.15, 0.2) is 0 Å². The van der Waals surface area contributed by atoms with E-state index >= 15 is 0 Å². The maximum absolute atomic E-state index is 12.9. The summed E-state index contributed by atoms with van der Waals surface area (Å²) >= 11 is 0. The molecule has 0 unspecified atom stereocenters. The zero-order valence-corrected chi connectivity index (χ0v) is 14.6. The third kappa shape index (κ3) is 4.00. The molecule has 4 N–H and O–H groups in total. The van der Waals surface area contributed by atoms with E-state index in [9.17, 15) is 9.59 Å². The van der Waals surface area contributed by atoms with E-state index in [-0.39, 0.29) is 23.8 Å². The average Bonchev–Trinajstić information content (AvgIpc) is 2.82. The van der Waals surface area contributed by atoms with E-state index in [1.807, 2.05) is 72.8 Å². The van der Waals surface area contributed by atoms with E-state index in [1.165, 1.54) is 0 Å². The van der Waals surface area contributed by atoms with Gasteiger partial charge in [0.05, 0.1) is 12.1 Å². The molecule has 5 heteroatoms. The van der Waals surface area contributed by atoms with E-state index in [1.54, 1.807) is 6.92 Å². The SMILES string of the molecule is C[C@H](N)C(=O)N[C@@H]1C(=O)N[C@@H](c2ccccc2)C=C[C@@H]1c1ccccc1. The van der Waals surface area contributed by atoms with Gasteiger partial charge in [-0.25, -0.2) is 0 Å². The van der Waals surface area contributed by atoms with E-state index in [4.69, 9.17) is 5.73 Å². The number of carbonyl (C=O) groups excluding carboxylic acids is 2. The molecular formula is C21H23N3O2. The molecule has 1 aliphatic rings. The van der Waals surface area contributed by atoms with Crippen molar-refractivity contribution in [3.05, 3.63) is 83.9 Å². The van der Waals surface area contributed by atoms with Gasteiger partial charge in [-0.15, -0.1) is 0 Å². The van der Waals surface area contributed by atoms with Crippen molar-refractivity contribution in [3.8, 4) is 0 Å². The van der Waals surface area contributed by atoms with Crippen LogP contribution in [-0.2, 0) is 9.59 Å². The Hall–Kier alpha value is -2.92. The Morgan fingerprint density at radius 1 is 1.00 bits per heavy atom. The van der Waals surface area contributed by atoms with Crippen LogP contribution in [0.25, 0.3) is 0 Å². The van der Waals surface area contributed by atoms with Crippen molar-refractivity contribution in [2.24, 2.45) is 5.73 Å². The molecule has 2 amide bonds. The van der Waals surface area contributed by atoms with Crippen LogP contribution in [-0.4, -0.2) is 23.9 Å². The Kier molecular flexibility index (Phi) is 5.49. The fourth-order valence-corrected chi connectivity index (χ4v) is 3.07. The van der Waals surface area contributed by atoms with Crippen LogP contribution in [0.3, 0.4) is 0 Å². The second-order valence-electron chi connectivity index (χ2n) is 6.49. The minimum absolute atomic E-state index is 0.230. The first kappa shape index (κ1) is 17.9. The molecule has 0 saturated heterocycles. The zero-order valence-electron chi connectivity index (χ0n) is 14.6. The molecule has 2 aromatic rings. The van der Waals surface area contributed by atoms with Gasteiger partial charge in [-0.2, -0.15) is 0 Å². The molecule has 134 valence electrons. The van der Waals surface area contributed by atoms with Crippen molar-refractivity contribution in [2.75, 3.05) is 0 Å². The van der Waals surface area contributed by atoms with E-state index in [2.05, 4.69) is 10.6 Å². The molecule has 2 aromatic carbocycles. The van der Waals surface area contributed by atoms with Gasteiger partial charge in [-0.05, 0) is 18.1 Å². The van der Waals surface area contributed by atoms with Gasteiger partial charge in [-0.1, -0.05) is 72.8 Å². The number of benzene rings is 2. The smallest absolute Gasteiger partial charge is 0.244 e. The molecule has 0 spiro atoms. The molecule has 0 aliphatic carbocycles. The van der Waals surface area contributed by atoms with E-state index in [0.29, 0.717) is 0 Å². The fourth-order valence-electron chi connectivity index (χ4n) is 3.07. The molecule has 4 atom stereocenters. The van der Waals surface area contributed by atoms with Gasteiger partial charge in [0.1, 0.15) is 6.04 Å². The van der Waals surface area contributed by atoms with Crippen molar-refractivity contribution in [2.45, 2.75) is 31.0 Å². The monoisotopic (exact) mass is 349 g/mol. The topological polar surface area (TPSA) is 84.2 Å². The summed E-state index contributed by atoms with van der Waals surface area (Å²) in [4.78, 5) is 25.1.